The fourth-order valence-corrected chi connectivity index (χ4v) is 4.03. The minimum atomic E-state index is -3.04. The van der Waals surface area contributed by atoms with Gasteiger partial charge in [-0.25, -0.2) is 12.7 Å². The van der Waals surface area contributed by atoms with E-state index in [0.717, 1.165) is 19.3 Å². The van der Waals surface area contributed by atoms with Crippen LogP contribution in [0.3, 0.4) is 0 Å². The van der Waals surface area contributed by atoms with Gasteiger partial charge in [-0.2, -0.15) is 0 Å². The number of hydrogen-bond acceptors (Lipinski definition) is 3. The molecule has 15 heavy (non-hydrogen) atoms. The highest BCUT2D eigenvalue weighted by molar-refractivity contribution is 7.89. The highest BCUT2D eigenvalue weighted by Crippen LogP contribution is 2.32. The molecule has 88 valence electrons. The molecule has 0 aromatic rings. The Morgan fingerprint density at radius 2 is 2.07 bits per heavy atom. The van der Waals surface area contributed by atoms with Crippen molar-refractivity contribution >= 4 is 10.0 Å². The summed E-state index contributed by atoms with van der Waals surface area (Å²) in [7, 11) is -3.04. The maximum atomic E-state index is 11.9. The summed E-state index contributed by atoms with van der Waals surface area (Å²) in [4.78, 5) is 0. The third kappa shape index (κ3) is 2.71. The first-order valence-electron chi connectivity index (χ1n) is 5.65. The first-order chi connectivity index (χ1) is 6.99. The number of aliphatic hydroxyl groups is 1. The molecule has 1 aliphatic heterocycles. The predicted molar refractivity (Wildman–Crippen MR) is 57.9 cm³/mol. The van der Waals surface area contributed by atoms with E-state index >= 15 is 0 Å². The summed E-state index contributed by atoms with van der Waals surface area (Å²) in [6.07, 6.45) is 2.52. The Morgan fingerprint density at radius 1 is 1.40 bits per heavy atom. The van der Waals surface area contributed by atoms with E-state index in [-0.39, 0.29) is 5.92 Å². The molecule has 2 aliphatic rings. The molecule has 2 rings (SSSR count). The van der Waals surface area contributed by atoms with Gasteiger partial charge >= 0.3 is 0 Å². The van der Waals surface area contributed by atoms with Gasteiger partial charge in [0.2, 0.25) is 10.0 Å². The molecule has 1 N–H and O–H groups in total. The van der Waals surface area contributed by atoms with Crippen LogP contribution in [0.1, 0.15) is 26.2 Å². The van der Waals surface area contributed by atoms with Gasteiger partial charge in [0, 0.05) is 13.1 Å². The average Bonchev–Trinajstić information content (AvgIpc) is 2.80. The Balaban J connectivity index is 1.94. The Bertz CT molecular complexity index is 322. The van der Waals surface area contributed by atoms with E-state index in [1.54, 1.807) is 11.2 Å². The monoisotopic (exact) mass is 233 g/mol. The Kier molecular flexibility index (Phi) is 3.05. The van der Waals surface area contributed by atoms with E-state index in [0.29, 0.717) is 24.8 Å². The van der Waals surface area contributed by atoms with Crippen LogP contribution >= 0.6 is 0 Å². The molecule has 2 unspecified atom stereocenters. The second-order valence-electron chi connectivity index (χ2n) is 4.87. The molecule has 0 amide bonds. The van der Waals surface area contributed by atoms with Crippen molar-refractivity contribution in [1.82, 2.24) is 4.31 Å². The molecule has 1 saturated heterocycles. The Hall–Kier alpha value is -0.130. The predicted octanol–water partition coefficient (Wildman–Crippen LogP) is 0.429. The molecule has 4 nitrogen and oxygen atoms in total. The summed E-state index contributed by atoms with van der Waals surface area (Å²) >= 11 is 0. The maximum Gasteiger partial charge on any atom is 0.214 e. The molecule has 2 fully saturated rings. The van der Waals surface area contributed by atoms with Gasteiger partial charge < -0.3 is 5.11 Å². The summed E-state index contributed by atoms with van der Waals surface area (Å²) in [5.41, 5.74) is 0. The highest BCUT2D eigenvalue weighted by Gasteiger charge is 2.36. The molecular formula is C10H19NO3S. The van der Waals surface area contributed by atoms with Crippen LogP contribution in [-0.4, -0.2) is 42.8 Å². The molecule has 5 heteroatoms. The van der Waals surface area contributed by atoms with Gasteiger partial charge in [-0.1, -0.05) is 0 Å². The van der Waals surface area contributed by atoms with E-state index in [1.165, 1.54) is 0 Å². The van der Waals surface area contributed by atoms with Gasteiger partial charge in [-0.05, 0) is 38.0 Å². The highest BCUT2D eigenvalue weighted by atomic mass is 32.2. The van der Waals surface area contributed by atoms with Crippen LogP contribution in [0.5, 0.6) is 0 Å². The summed E-state index contributed by atoms with van der Waals surface area (Å²) in [5.74, 6) is 0.846. The fraction of sp³-hybridized carbons (Fsp3) is 1.00. The first-order valence-corrected chi connectivity index (χ1v) is 7.26. The minimum absolute atomic E-state index is 0.124. The van der Waals surface area contributed by atoms with Crippen molar-refractivity contribution < 1.29 is 13.5 Å². The zero-order valence-electron chi connectivity index (χ0n) is 9.09. The van der Waals surface area contributed by atoms with Crippen molar-refractivity contribution in [3.63, 3.8) is 0 Å². The molecule has 0 radical (unpaired) electrons. The van der Waals surface area contributed by atoms with E-state index < -0.39 is 16.1 Å². The van der Waals surface area contributed by atoms with Crippen molar-refractivity contribution in [2.45, 2.75) is 32.3 Å². The summed E-state index contributed by atoms with van der Waals surface area (Å²) < 4.78 is 25.3. The van der Waals surface area contributed by atoms with Crippen LogP contribution in [0.25, 0.3) is 0 Å². The second kappa shape index (κ2) is 4.03. The number of sulfonamides is 1. The molecular weight excluding hydrogens is 214 g/mol. The number of hydrogen-bond donors (Lipinski definition) is 1. The fourth-order valence-electron chi connectivity index (χ4n) is 2.09. The van der Waals surface area contributed by atoms with Gasteiger partial charge in [0.25, 0.3) is 0 Å². The summed E-state index contributed by atoms with van der Waals surface area (Å²) in [6, 6.07) is 0. The van der Waals surface area contributed by atoms with Gasteiger partial charge in [-0.15, -0.1) is 0 Å². The van der Waals surface area contributed by atoms with Crippen LogP contribution in [0.15, 0.2) is 0 Å². The van der Waals surface area contributed by atoms with Crippen molar-refractivity contribution in [2.24, 2.45) is 11.8 Å². The molecule has 0 bridgehead atoms. The molecule has 0 spiro atoms. The van der Waals surface area contributed by atoms with Crippen LogP contribution < -0.4 is 0 Å². The standard InChI is InChI=1S/C10H19NO3S/c1-8(12)10-4-5-11(6-10)15(13,14)7-9-2-3-9/h8-10,12H,2-7H2,1H3. The Morgan fingerprint density at radius 3 is 2.53 bits per heavy atom. The third-order valence-electron chi connectivity index (χ3n) is 3.41. The third-order valence-corrected chi connectivity index (χ3v) is 5.42. The van der Waals surface area contributed by atoms with Gasteiger partial charge in [-0.3, -0.25) is 0 Å². The largest absolute Gasteiger partial charge is 0.393 e. The molecule has 1 saturated carbocycles. The van der Waals surface area contributed by atoms with Crippen molar-refractivity contribution in [3.05, 3.63) is 0 Å². The van der Waals surface area contributed by atoms with E-state index in [4.69, 9.17) is 0 Å². The molecule has 2 atom stereocenters. The smallest absolute Gasteiger partial charge is 0.214 e. The van der Waals surface area contributed by atoms with E-state index in [9.17, 15) is 13.5 Å². The average molecular weight is 233 g/mol. The zero-order chi connectivity index (χ0) is 11.1. The Labute approximate surface area is 91.3 Å². The van der Waals surface area contributed by atoms with Gasteiger partial charge in [0.05, 0.1) is 11.9 Å². The lowest BCUT2D eigenvalue weighted by Gasteiger charge is -2.17. The lowest BCUT2D eigenvalue weighted by atomic mass is 10.0. The topological polar surface area (TPSA) is 57.6 Å². The van der Waals surface area contributed by atoms with Crippen LogP contribution in [0.2, 0.25) is 0 Å². The minimum Gasteiger partial charge on any atom is -0.393 e. The van der Waals surface area contributed by atoms with Crippen LogP contribution in [-0.2, 0) is 10.0 Å². The lowest BCUT2D eigenvalue weighted by molar-refractivity contribution is 0.133. The normalized spacial score (nSPS) is 30.7. The van der Waals surface area contributed by atoms with Crippen molar-refractivity contribution in [1.29, 1.82) is 0 Å². The quantitative estimate of drug-likeness (QED) is 0.766. The van der Waals surface area contributed by atoms with Gasteiger partial charge in [0.15, 0.2) is 0 Å². The molecule has 1 heterocycles. The molecule has 0 aromatic heterocycles. The second-order valence-corrected chi connectivity index (χ2v) is 6.88. The van der Waals surface area contributed by atoms with Crippen LogP contribution in [0, 0.1) is 11.8 Å². The van der Waals surface area contributed by atoms with E-state index in [2.05, 4.69) is 0 Å². The van der Waals surface area contributed by atoms with Crippen molar-refractivity contribution in [3.8, 4) is 0 Å². The first kappa shape index (κ1) is 11.4. The maximum absolute atomic E-state index is 11.9. The molecule has 0 aromatic carbocycles. The number of rotatable bonds is 4. The van der Waals surface area contributed by atoms with E-state index in [1.807, 2.05) is 0 Å². The number of aliphatic hydroxyl groups excluding tert-OH is 1. The SMILES string of the molecule is CC(O)C1CCN(S(=O)(=O)CC2CC2)C1. The van der Waals surface area contributed by atoms with Crippen molar-refractivity contribution in [2.75, 3.05) is 18.8 Å². The summed E-state index contributed by atoms with van der Waals surface area (Å²) in [6.45, 7) is 2.83. The molecule has 1 aliphatic carbocycles. The lowest BCUT2D eigenvalue weighted by Crippen LogP contribution is -2.32. The van der Waals surface area contributed by atoms with Crippen LogP contribution in [0.4, 0.5) is 0 Å². The number of nitrogens with zero attached hydrogens (tertiary/aromatic N) is 1. The van der Waals surface area contributed by atoms with Gasteiger partial charge in [0.1, 0.15) is 0 Å². The summed E-state index contributed by atoms with van der Waals surface area (Å²) in [5, 5.41) is 9.41. The zero-order valence-corrected chi connectivity index (χ0v) is 9.91.